The van der Waals surface area contributed by atoms with Crippen LogP contribution in [0.3, 0.4) is 0 Å². The van der Waals surface area contributed by atoms with Crippen molar-refractivity contribution in [1.82, 2.24) is 25.3 Å². The van der Waals surface area contributed by atoms with Gasteiger partial charge in [0.1, 0.15) is 18.2 Å². The van der Waals surface area contributed by atoms with Gasteiger partial charge in [-0.1, -0.05) is 35.1 Å². The Morgan fingerprint density at radius 1 is 1.03 bits per heavy atom. The molecule has 0 aliphatic heterocycles. The quantitative estimate of drug-likeness (QED) is 0.280. The summed E-state index contributed by atoms with van der Waals surface area (Å²) < 4.78 is 43.0. The highest BCUT2D eigenvalue weighted by molar-refractivity contribution is 7.99. The van der Waals surface area contributed by atoms with Crippen LogP contribution in [0.5, 0.6) is 0 Å². The molecule has 9 nitrogen and oxygen atoms in total. The van der Waals surface area contributed by atoms with Gasteiger partial charge in [-0.05, 0) is 30.3 Å². The first-order valence-electron chi connectivity index (χ1n) is 9.99. The first-order chi connectivity index (χ1) is 16.9. The van der Waals surface area contributed by atoms with Crippen molar-refractivity contribution >= 4 is 40.3 Å². The molecule has 0 unspecified atom stereocenters. The molecule has 0 atom stereocenters. The van der Waals surface area contributed by atoms with E-state index < -0.39 is 23.6 Å². The third-order valence-electron chi connectivity index (χ3n) is 4.84. The van der Waals surface area contributed by atoms with Crippen LogP contribution in [0.25, 0.3) is 22.3 Å². The van der Waals surface area contributed by atoms with E-state index in [1.807, 2.05) is 29.6 Å². The maximum atomic E-state index is 12.9. The van der Waals surface area contributed by atoms with Gasteiger partial charge in [0.15, 0.2) is 11.5 Å². The molecule has 3 N–H and O–H groups in total. The van der Waals surface area contributed by atoms with Crippen LogP contribution in [0.15, 0.2) is 81.6 Å². The molecule has 0 spiro atoms. The normalized spacial score (nSPS) is 11.5. The van der Waals surface area contributed by atoms with Gasteiger partial charge in [-0.15, -0.1) is 0 Å². The maximum absolute atomic E-state index is 12.9. The maximum Gasteiger partial charge on any atom is 0.423 e. The van der Waals surface area contributed by atoms with Crippen molar-refractivity contribution in [2.45, 2.75) is 16.0 Å². The standard InChI is InChI=1S/C22H14F3N7O2S/c23-22(24,25)16-10-34-32-20(16)30-21(33)29-12-5-7-13(8-6-12)35-17-4-2-1-3-14(17)18-15-9-28-31-19(15)27-11-26-18/h1-11H,(H,26,27,28,31)(H2,29,30,32,33). The minimum Gasteiger partial charge on any atom is -0.362 e. The molecule has 2 amide bonds. The Morgan fingerprint density at radius 3 is 2.63 bits per heavy atom. The van der Waals surface area contributed by atoms with Gasteiger partial charge < -0.3 is 9.84 Å². The third kappa shape index (κ3) is 4.80. The molecule has 0 saturated heterocycles. The number of nitrogens with zero attached hydrogens (tertiary/aromatic N) is 4. The lowest BCUT2D eigenvalue weighted by atomic mass is 10.1. The molecule has 13 heteroatoms. The number of H-pyrrole nitrogens is 1. The lowest BCUT2D eigenvalue weighted by Crippen LogP contribution is -2.21. The molecular formula is C22H14F3N7O2S. The number of carbonyl (C=O) groups is 1. The van der Waals surface area contributed by atoms with E-state index in [0.29, 0.717) is 17.6 Å². The van der Waals surface area contributed by atoms with Crippen LogP contribution in [-0.2, 0) is 6.18 Å². The van der Waals surface area contributed by atoms with Gasteiger partial charge in [0.25, 0.3) is 0 Å². The smallest absolute Gasteiger partial charge is 0.362 e. The molecule has 5 rings (SSSR count). The van der Waals surface area contributed by atoms with E-state index in [1.165, 1.54) is 18.1 Å². The van der Waals surface area contributed by atoms with Gasteiger partial charge >= 0.3 is 12.2 Å². The van der Waals surface area contributed by atoms with Gasteiger partial charge in [0, 0.05) is 21.0 Å². The number of nitrogens with one attached hydrogen (secondary N) is 3. The average molecular weight is 497 g/mol. The minimum atomic E-state index is -4.70. The van der Waals surface area contributed by atoms with Gasteiger partial charge in [-0.3, -0.25) is 10.4 Å². The second kappa shape index (κ2) is 9.10. The SMILES string of the molecule is O=C(Nc1ccc(Sc2ccccc2-c2ncnc3[nH]ncc23)cc1)Nc1nocc1C(F)(F)F. The number of aromatic amines is 1. The molecule has 0 aliphatic rings. The third-order valence-corrected chi connectivity index (χ3v) is 5.92. The fraction of sp³-hybridized carbons (Fsp3) is 0.0455. The molecule has 3 heterocycles. The number of urea groups is 1. The number of alkyl halides is 3. The number of rotatable bonds is 5. The Balaban J connectivity index is 1.30. The van der Waals surface area contributed by atoms with E-state index >= 15 is 0 Å². The number of carbonyl (C=O) groups excluding carboxylic acids is 1. The Kier molecular flexibility index (Phi) is 5.82. The topological polar surface area (TPSA) is 122 Å². The summed E-state index contributed by atoms with van der Waals surface area (Å²) in [7, 11) is 0. The average Bonchev–Trinajstić information content (AvgIpc) is 3.50. The molecule has 3 aromatic heterocycles. The van der Waals surface area contributed by atoms with Crippen LogP contribution in [0.4, 0.5) is 29.5 Å². The summed E-state index contributed by atoms with van der Waals surface area (Å²) in [5.41, 5.74) is 1.49. The van der Waals surface area contributed by atoms with Gasteiger partial charge in [-0.25, -0.2) is 14.8 Å². The highest BCUT2D eigenvalue weighted by Gasteiger charge is 2.37. The number of hydrogen-bond acceptors (Lipinski definition) is 7. The molecule has 0 bridgehead atoms. The zero-order valence-electron chi connectivity index (χ0n) is 17.5. The highest BCUT2D eigenvalue weighted by Crippen LogP contribution is 2.37. The fourth-order valence-electron chi connectivity index (χ4n) is 3.26. The molecule has 35 heavy (non-hydrogen) atoms. The van der Waals surface area contributed by atoms with Crippen molar-refractivity contribution in [2.24, 2.45) is 0 Å². The van der Waals surface area contributed by atoms with E-state index in [4.69, 9.17) is 0 Å². The predicted octanol–water partition coefficient (Wildman–Crippen LogP) is 5.82. The summed E-state index contributed by atoms with van der Waals surface area (Å²) in [6, 6.07) is 13.7. The van der Waals surface area contributed by atoms with Crippen molar-refractivity contribution in [3.63, 3.8) is 0 Å². The molecule has 0 fully saturated rings. The molecular weight excluding hydrogens is 483 g/mol. The Bertz CT molecular complexity index is 1500. The first kappa shape index (κ1) is 22.4. The van der Waals surface area contributed by atoms with Crippen LogP contribution in [0.1, 0.15) is 5.56 Å². The van der Waals surface area contributed by atoms with Crippen LogP contribution in [0, 0.1) is 0 Å². The summed E-state index contributed by atoms with van der Waals surface area (Å²) >= 11 is 1.49. The number of fused-ring (bicyclic) bond motifs is 1. The molecule has 0 radical (unpaired) electrons. The Morgan fingerprint density at radius 2 is 1.83 bits per heavy atom. The first-order valence-corrected chi connectivity index (χ1v) is 10.8. The van der Waals surface area contributed by atoms with E-state index in [9.17, 15) is 18.0 Å². The predicted molar refractivity (Wildman–Crippen MR) is 122 cm³/mol. The van der Waals surface area contributed by atoms with Gasteiger partial charge in [0.05, 0.1) is 17.3 Å². The number of anilines is 2. The van der Waals surface area contributed by atoms with Gasteiger partial charge in [-0.2, -0.15) is 18.3 Å². The monoisotopic (exact) mass is 497 g/mol. The molecule has 0 aliphatic carbocycles. The van der Waals surface area contributed by atoms with Gasteiger partial charge in [0.2, 0.25) is 0 Å². The minimum absolute atomic E-state index is 0.382. The van der Waals surface area contributed by atoms with E-state index in [2.05, 4.69) is 35.2 Å². The second-order valence-electron chi connectivity index (χ2n) is 7.13. The molecule has 5 aromatic rings. The summed E-state index contributed by atoms with van der Waals surface area (Å²) in [5, 5.41) is 15.4. The molecule has 0 saturated carbocycles. The zero-order valence-corrected chi connectivity index (χ0v) is 18.3. The summed E-state index contributed by atoms with van der Waals surface area (Å²) in [6.07, 6.45) is -1.13. The molecule has 176 valence electrons. The lowest BCUT2D eigenvalue weighted by Gasteiger charge is -2.11. The van der Waals surface area contributed by atoms with Crippen LogP contribution >= 0.6 is 11.8 Å². The number of aromatic nitrogens is 5. The lowest BCUT2D eigenvalue weighted by molar-refractivity contribution is -0.137. The summed E-state index contributed by atoms with van der Waals surface area (Å²) in [4.78, 5) is 22.5. The number of amides is 2. The largest absolute Gasteiger partial charge is 0.423 e. The Hall–Kier alpha value is -4.39. The van der Waals surface area contributed by atoms with Crippen LogP contribution in [0.2, 0.25) is 0 Å². The summed E-state index contributed by atoms with van der Waals surface area (Å²) in [6.45, 7) is 0. The molecule has 2 aromatic carbocycles. The van der Waals surface area contributed by atoms with E-state index in [-0.39, 0.29) is 0 Å². The van der Waals surface area contributed by atoms with Crippen molar-refractivity contribution in [3.05, 3.63) is 72.9 Å². The van der Waals surface area contributed by atoms with Crippen molar-refractivity contribution in [2.75, 3.05) is 10.6 Å². The van der Waals surface area contributed by atoms with Crippen molar-refractivity contribution in [1.29, 1.82) is 0 Å². The van der Waals surface area contributed by atoms with Crippen LogP contribution < -0.4 is 10.6 Å². The van der Waals surface area contributed by atoms with E-state index in [0.717, 1.165) is 26.4 Å². The Labute approximate surface area is 199 Å². The number of halogens is 3. The second-order valence-corrected chi connectivity index (χ2v) is 8.25. The summed E-state index contributed by atoms with van der Waals surface area (Å²) in [5.74, 6) is -0.713. The fourth-order valence-corrected chi connectivity index (χ4v) is 4.21. The van der Waals surface area contributed by atoms with Crippen molar-refractivity contribution in [3.8, 4) is 11.3 Å². The van der Waals surface area contributed by atoms with Crippen molar-refractivity contribution < 1.29 is 22.5 Å². The number of hydrogen-bond donors (Lipinski definition) is 3. The number of benzene rings is 2. The van der Waals surface area contributed by atoms with Crippen LogP contribution in [-0.4, -0.2) is 31.4 Å². The zero-order chi connectivity index (χ0) is 24.4. The van der Waals surface area contributed by atoms with E-state index in [1.54, 1.807) is 30.5 Å². The highest BCUT2D eigenvalue weighted by atomic mass is 32.2.